The molecule has 0 amide bonds. The van der Waals surface area contributed by atoms with Crippen LogP contribution in [0.4, 0.5) is 5.13 Å². The highest BCUT2D eigenvalue weighted by atomic mass is 32.2. The van der Waals surface area contributed by atoms with E-state index < -0.39 is 10.3 Å². The molecule has 0 bridgehead atoms. The summed E-state index contributed by atoms with van der Waals surface area (Å²) in [5, 5.41) is 1.97. The summed E-state index contributed by atoms with van der Waals surface area (Å²) in [4.78, 5) is 4.00. The van der Waals surface area contributed by atoms with E-state index in [9.17, 15) is 8.42 Å². The van der Waals surface area contributed by atoms with Gasteiger partial charge >= 0.3 is 10.3 Å². The average Bonchev–Trinajstić information content (AvgIpc) is 2.30. The lowest BCUT2D eigenvalue weighted by atomic mass is 10.1. The van der Waals surface area contributed by atoms with Crippen molar-refractivity contribution in [2.45, 2.75) is 20.3 Å². The molecule has 0 spiro atoms. The molecule has 0 radical (unpaired) electrons. The van der Waals surface area contributed by atoms with E-state index in [2.05, 4.69) is 18.8 Å². The van der Waals surface area contributed by atoms with E-state index in [1.807, 2.05) is 4.72 Å². The SMILES string of the molecule is CC(C)Cc1csc(NS(=O)(=O)O)n1. The van der Waals surface area contributed by atoms with Gasteiger partial charge in [0.2, 0.25) is 0 Å². The first-order valence-corrected chi connectivity index (χ1v) is 6.38. The van der Waals surface area contributed by atoms with Crippen molar-refractivity contribution in [2.24, 2.45) is 5.92 Å². The summed E-state index contributed by atoms with van der Waals surface area (Å²) in [7, 11) is -4.19. The van der Waals surface area contributed by atoms with Gasteiger partial charge in [-0.2, -0.15) is 8.42 Å². The van der Waals surface area contributed by atoms with Crippen molar-refractivity contribution < 1.29 is 13.0 Å². The van der Waals surface area contributed by atoms with Crippen LogP contribution < -0.4 is 4.72 Å². The zero-order chi connectivity index (χ0) is 10.8. The first-order valence-electron chi connectivity index (χ1n) is 4.06. The molecule has 2 N–H and O–H groups in total. The summed E-state index contributed by atoms with van der Waals surface area (Å²) >= 11 is 1.16. The molecule has 7 heteroatoms. The minimum atomic E-state index is -4.19. The molecule has 0 aliphatic heterocycles. The Labute approximate surface area is 87.1 Å². The van der Waals surface area contributed by atoms with Crippen molar-refractivity contribution >= 4 is 26.8 Å². The highest BCUT2D eigenvalue weighted by Gasteiger charge is 2.08. The number of hydrogen-bond donors (Lipinski definition) is 2. The molecule has 0 unspecified atom stereocenters. The number of rotatable bonds is 4. The number of hydrogen-bond acceptors (Lipinski definition) is 4. The van der Waals surface area contributed by atoms with Crippen LogP contribution in [0.2, 0.25) is 0 Å². The first kappa shape index (κ1) is 11.4. The van der Waals surface area contributed by atoms with E-state index in [0.717, 1.165) is 23.5 Å². The monoisotopic (exact) mass is 236 g/mol. The predicted molar refractivity (Wildman–Crippen MR) is 55.8 cm³/mol. The van der Waals surface area contributed by atoms with Crippen LogP contribution in [0.5, 0.6) is 0 Å². The second-order valence-electron chi connectivity index (χ2n) is 3.32. The fourth-order valence-corrected chi connectivity index (χ4v) is 2.32. The van der Waals surface area contributed by atoms with Crippen LogP contribution in [0, 0.1) is 5.92 Å². The van der Waals surface area contributed by atoms with Crippen LogP contribution in [0.1, 0.15) is 19.5 Å². The second-order valence-corrected chi connectivity index (χ2v) is 5.33. The van der Waals surface area contributed by atoms with Crippen LogP contribution in [0.3, 0.4) is 0 Å². The molecular weight excluding hydrogens is 224 g/mol. The van der Waals surface area contributed by atoms with Crippen LogP contribution in [-0.2, 0) is 16.7 Å². The highest BCUT2D eigenvalue weighted by molar-refractivity contribution is 7.87. The topological polar surface area (TPSA) is 79.3 Å². The Balaban J connectivity index is 2.69. The second kappa shape index (κ2) is 4.24. The number of nitrogens with one attached hydrogen (secondary N) is 1. The zero-order valence-corrected chi connectivity index (χ0v) is 9.52. The van der Waals surface area contributed by atoms with Crippen molar-refractivity contribution in [1.82, 2.24) is 4.98 Å². The summed E-state index contributed by atoms with van der Waals surface area (Å²) in [6.45, 7) is 4.10. The Morgan fingerprint density at radius 2 is 2.29 bits per heavy atom. The molecule has 1 aromatic heterocycles. The zero-order valence-electron chi connectivity index (χ0n) is 7.89. The standard InChI is InChI=1S/C7H12N2O3S2/c1-5(2)3-6-4-13-7(8-6)9-14(10,11)12/h4-5H,3H2,1-2H3,(H,8,9)(H,10,11,12). The molecule has 80 valence electrons. The van der Waals surface area contributed by atoms with Gasteiger partial charge in [-0.05, 0) is 12.3 Å². The smallest absolute Gasteiger partial charge is 0.269 e. The van der Waals surface area contributed by atoms with Crippen LogP contribution in [-0.4, -0.2) is 18.0 Å². The van der Waals surface area contributed by atoms with Crippen LogP contribution in [0.15, 0.2) is 5.38 Å². The van der Waals surface area contributed by atoms with Crippen molar-refractivity contribution in [2.75, 3.05) is 4.72 Å². The van der Waals surface area contributed by atoms with Crippen molar-refractivity contribution in [3.8, 4) is 0 Å². The maximum Gasteiger partial charge on any atom is 0.359 e. The van der Waals surface area contributed by atoms with Crippen molar-refractivity contribution in [3.63, 3.8) is 0 Å². The molecule has 0 aromatic carbocycles. The minimum absolute atomic E-state index is 0.197. The number of nitrogens with zero attached hydrogens (tertiary/aromatic N) is 1. The van der Waals surface area contributed by atoms with Crippen molar-refractivity contribution in [1.29, 1.82) is 0 Å². The Morgan fingerprint density at radius 1 is 1.64 bits per heavy atom. The number of aromatic nitrogens is 1. The van der Waals surface area contributed by atoms with E-state index in [0.29, 0.717) is 5.92 Å². The van der Waals surface area contributed by atoms with E-state index in [1.54, 1.807) is 5.38 Å². The maximum absolute atomic E-state index is 10.4. The van der Waals surface area contributed by atoms with Gasteiger partial charge in [-0.15, -0.1) is 11.3 Å². The van der Waals surface area contributed by atoms with E-state index in [1.165, 1.54) is 0 Å². The summed E-state index contributed by atoms with van der Waals surface area (Å²) in [6, 6.07) is 0. The largest absolute Gasteiger partial charge is 0.359 e. The lowest BCUT2D eigenvalue weighted by Gasteiger charge is -1.99. The predicted octanol–water partition coefficient (Wildman–Crippen LogP) is 1.56. The van der Waals surface area contributed by atoms with Crippen LogP contribution in [0.25, 0.3) is 0 Å². The molecule has 0 saturated carbocycles. The van der Waals surface area contributed by atoms with Gasteiger partial charge in [0.15, 0.2) is 5.13 Å². The van der Waals surface area contributed by atoms with Gasteiger partial charge in [-0.3, -0.25) is 4.55 Å². The molecule has 14 heavy (non-hydrogen) atoms. The third-order valence-electron chi connectivity index (χ3n) is 1.39. The van der Waals surface area contributed by atoms with Crippen molar-refractivity contribution in [3.05, 3.63) is 11.1 Å². The molecule has 1 rings (SSSR count). The van der Waals surface area contributed by atoms with Gasteiger partial charge < -0.3 is 0 Å². The lowest BCUT2D eigenvalue weighted by molar-refractivity contribution is 0.489. The molecule has 0 atom stereocenters. The Hall–Kier alpha value is -0.660. The summed E-state index contributed by atoms with van der Waals surface area (Å²) < 4.78 is 31.3. The first-order chi connectivity index (χ1) is 6.37. The summed E-state index contributed by atoms with van der Waals surface area (Å²) in [5.74, 6) is 0.468. The molecule has 0 aliphatic rings. The van der Waals surface area contributed by atoms with E-state index >= 15 is 0 Å². The Morgan fingerprint density at radius 3 is 2.79 bits per heavy atom. The van der Waals surface area contributed by atoms with E-state index in [-0.39, 0.29) is 5.13 Å². The fourth-order valence-electron chi connectivity index (χ4n) is 0.976. The van der Waals surface area contributed by atoms with Gasteiger partial charge in [0.05, 0.1) is 5.69 Å². The average molecular weight is 236 g/mol. The van der Waals surface area contributed by atoms with Gasteiger partial charge in [-0.1, -0.05) is 13.8 Å². The van der Waals surface area contributed by atoms with E-state index in [4.69, 9.17) is 4.55 Å². The van der Waals surface area contributed by atoms with Gasteiger partial charge in [0.1, 0.15) is 0 Å². The summed E-state index contributed by atoms with van der Waals surface area (Å²) in [6.07, 6.45) is 0.795. The molecule has 0 fully saturated rings. The number of anilines is 1. The lowest BCUT2D eigenvalue weighted by Crippen LogP contribution is -2.10. The van der Waals surface area contributed by atoms with Gasteiger partial charge in [0.25, 0.3) is 0 Å². The normalized spacial score (nSPS) is 12.0. The fraction of sp³-hybridized carbons (Fsp3) is 0.571. The molecular formula is C7H12N2O3S2. The van der Waals surface area contributed by atoms with Crippen LogP contribution >= 0.6 is 11.3 Å². The molecule has 1 heterocycles. The molecule has 0 saturated heterocycles. The molecule has 5 nitrogen and oxygen atoms in total. The highest BCUT2D eigenvalue weighted by Crippen LogP contribution is 2.18. The minimum Gasteiger partial charge on any atom is -0.269 e. The summed E-state index contributed by atoms with van der Waals surface area (Å²) in [5.41, 5.74) is 0.830. The number of thiazole rings is 1. The third kappa shape index (κ3) is 4.03. The third-order valence-corrected chi connectivity index (χ3v) is 2.77. The Bertz CT molecular complexity index is 397. The van der Waals surface area contributed by atoms with Gasteiger partial charge in [-0.25, -0.2) is 9.71 Å². The van der Waals surface area contributed by atoms with Gasteiger partial charge in [0, 0.05) is 5.38 Å². The Kier molecular flexibility index (Phi) is 3.46. The maximum atomic E-state index is 10.4. The quantitative estimate of drug-likeness (QED) is 0.777. The molecule has 0 aliphatic carbocycles. The molecule has 1 aromatic rings.